The van der Waals surface area contributed by atoms with Gasteiger partial charge < -0.3 is 15.2 Å². The standard InChI is InChI=1S/C12H19NO2/c1-14-11-7-10(5-3-4-6-13)8-12(9-11)15-2/h7-9H,3-6,13H2,1-2H3. The zero-order valence-corrected chi connectivity index (χ0v) is 9.45. The van der Waals surface area contributed by atoms with Gasteiger partial charge in [0, 0.05) is 6.07 Å². The Kier molecular flexibility index (Phi) is 4.98. The number of hydrogen-bond donors (Lipinski definition) is 1. The smallest absolute Gasteiger partial charge is 0.122 e. The van der Waals surface area contributed by atoms with Crippen molar-refractivity contribution in [2.75, 3.05) is 20.8 Å². The molecular weight excluding hydrogens is 190 g/mol. The van der Waals surface area contributed by atoms with E-state index < -0.39 is 0 Å². The first kappa shape index (κ1) is 11.9. The Balaban J connectivity index is 2.68. The molecule has 3 heteroatoms. The molecule has 0 aliphatic rings. The highest BCUT2D eigenvalue weighted by molar-refractivity contribution is 5.38. The summed E-state index contributed by atoms with van der Waals surface area (Å²) in [5.41, 5.74) is 6.69. The lowest BCUT2D eigenvalue weighted by Crippen LogP contribution is -1.99. The molecule has 0 atom stereocenters. The third-order valence-electron chi connectivity index (χ3n) is 2.33. The number of hydrogen-bond acceptors (Lipinski definition) is 3. The normalized spacial score (nSPS) is 10.1. The van der Waals surface area contributed by atoms with E-state index in [1.807, 2.05) is 18.2 Å². The van der Waals surface area contributed by atoms with Crippen LogP contribution < -0.4 is 15.2 Å². The second-order valence-corrected chi connectivity index (χ2v) is 3.47. The van der Waals surface area contributed by atoms with Gasteiger partial charge >= 0.3 is 0 Å². The van der Waals surface area contributed by atoms with Crippen molar-refractivity contribution in [3.05, 3.63) is 23.8 Å². The first-order valence-corrected chi connectivity index (χ1v) is 5.22. The maximum absolute atomic E-state index is 5.46. The minimum atomic E-state index is 0.751. The van der Waals surface area contributed by atoms with Crippen LogP contribution >= 0.6 is 0 Å². The summed E-state index contributed by atoms with van der Waals surface area (Å²) in [6.45, 7) is 0.751. The van der Waals surface area contributed by atoms with E-state index in [0.717, 1.165) is 37.3 Å². The second kappa shape index (κ2) is 6.30. The van der Waals surface area contributed by atoms with Crippen molar-refractivity contribution < 1.29 is 9.47 Å². The number of unbranched alkanes of at least 4 members (excludes halogenated alkanes) is 1. The van der Waals surface area contributed by atoms with Crippen LogP contribution in [0.5, 0.6) is 11.5 Å². The number of methoxy groups -OCH3 is 2. The summed E-state index contributed by atoms with van der Waals surface area (Å²) < 4.78 is 10.4. The van der Waals surface area contributed by atoms with Gasteiger partial charge in [0.15, 0.2) is 0 Å². The summed E-state index contributed by atoms with van der Waals surface area (Å²) in [5.74, 6) is 1.69. The average Bonchev–Trinajstić information content (AvgIpc) is 2.29. The van der Waals surface area contributed by atoms with Gasteiger partial charge in [-0.25, -0.2) is 0 Å². The van der Waals surface area contributed by atoms with Crippen LogP contribution in [-0.4, -0.2) is 20.8 Å². The molecule has 0 spiro atoms. The van der Waals surface area contributed by atoms with E-state index in [0.29, 0.717) is 0 Å². The first-order valence-electron chi connectivity index (χ1n) is 5.22. The molecule has 0 aromatic heterocycles. The molecule has 1 rings (SSSR count). The summed E-state index contributed by atoms with van der Waals surface area (Å²) in [4.78, 5) is 0. The second-order valence-electron chi connectivity index (χ2n) is 3.47. The van der Waals surface area contributed by atoms with E-state index in [1.54, 1.807) is 14.2 Å². The Morgan fingerprint density at radius 1 is 1.00 bits per heavy atom. The van der Waals surface area contributed by atoms with Crippen molar-refractivity contribution >= 4 is 0 Å². The van der Waals surface area contributed by atoms with Gasteiger partial charge in [-0.2, -0.15) is 0 Å². The van der Waals surface area contributed by atoms with Crippen LogP contribution in [0.4, 0.5) is 0 Å². The lowest BCUT2D eigenvalue weighted by molar-refractivity contribution is 0.393. The van der Waals surface area contributed by atoms with Gasteiger partial charge in [-0.1, -0.05) is 0 Å². The number of ether oxygens (including phenoxy) is 2. The van der Waals surface area contributed by atoms with Crippen LogP contribution in [0, 0.1) is 0 Å². The monoisotopic (exact) mass is 209 g/mol. The summed E-state index contributed by atoms with van der Waals surface area (Å²) in [7, 11) is 3.33. The van der Waals surface area contributed by atoms with Gasteiger partial charge in [-0.3, -0.25) is 0 Å². The molecule has 0 aliphatic heterocycles. The zero-order valence-electron chi connectivity index (χ0n) is 9.45. The molecule has 1 aromatic rings. The van der Waals surface area contributed by atoms with Crippen LogP contribution in [0.2, 0.25) is 0 Å². The predicted molar refractivity (Wildman–Crippen MR) is 61.5 cm³/mol. The zero-order chi connectivity index (χ0) is 11.1. The molecule has 0 amide bonds. The molecule has 0 saturated carbocycles. The molecule has 15 heavy (non-hydrogen) atoms. The predicted octanol–water partition coefficient (Wildman–Crippen LogP) is 1.99. The third kappa shape index (κ3) is 3.80. The van der Waals surface area contributed by atoms with E-state index in [4.69, 9.17) is 15.2 Å². The Morgan fingerprint density at radius 3 is 2.07 bits per heavy atom. The van der Waals surface area contributed by atoms with Crippen LogP contribution in [0.15, 0.2) is 18.2 Å². The number of rotatable bonds is 6. The van der Waals surface area contributed by atoms with Gasteiger partial charge in [-0.05, 0) is 43.5 Å². The number of nitrogens with two attached hydrogens (primary N) is 1. The maximum Gasteiger partial charge on any atom is 0.122 e. The topological polar surface area (TPSA) is 44.5 Å². The summed E-state index contributed by atoms with van der Waals surface area (Å²) in [5, 5.41) is 0. The van der Waals surface area contributed by atoms with Gasteiger partial charge in [0.25, 0.3) is 0 Å². The highest BCUT2D eigenvalue weighted by Gasteiger charge is 2.01. The molecular formula is C12H19NO2. The Morgan fingerprint density at radius 2 is 1.60 bits per heavy atom. The number of aryl methyl sites for hydroxylation is 1. The molecule has 0 aliphatic carbocycles. The quantitative estimate of drug-likeness (QED) is 0.729. The van der Waals surface area contributed by atoms with Crippen LogP contribution in [-0.2, 0) is 6.42 Å². The van der Waals surface area contributed by atoms with E-state index >= 15 is 0 Å². The molecule has 0 unspecified atom stereocenters. The largest absolute Gasteiger partial charge is 0.497 e. The lowest BCUT2D eigenvalue weighted by Gasteiger charge is -2.08. The highest BCUT2D eigenvalue weighted by Crippen LogP contribution is 2.23. The summed E-state index contributed by atoms with van der Waals surface area (Å²) >= 11 is 0. The van der Waals surface area contributed by atoms with Crippen molar-refractivity contribution in [1.29, 1.82) is 0 Å². The Hall–Kier alpha value is -1.22. The van der Waals surface area contributed by atoms with Crippen molar-refractivity contribution in [2.24, 2.45) is 5.73 Å². The average molecular weight is 209 g/mol. The Labute approximate surface area is 91.2 Å². The third-order valence-corrected chi connectivity index (χ3v) is 2.33. The number of benzene rings is 1. The first-order chi connectivity index (χ1) is 7.30. The molecule has 1 aromatic carbocycles. The van der Waals surface area contributed by atoms with Crippen molar-refractivity contribution in [3.63, 3.8) is 0 Å². The van der Waals surface area contributed by atoms with Crippen LogP contribution in [0.25, 0.3) is 0 Å². The minimum absolute atomic E-state index is 0.751. The van der Waals surface area contributed by atoms with Gasteiger partial charge in [0.2, 0.25) is 0 Å². The van der Waals surface area contributed by atoms with Gasteiger partial charge in [0.1, 0.15) is 11.5 Å². The lowest BCUT2D eigenvalue weighted by atomic mass is 10.1. The molecule has 0 fully saturated rings. The molecule has 3 nitrogen and oxygen atoms in total. The van der Waals surface area contributed by atoms with Gasteiger partial charge in [-0.15, -0.1) is 0 Å². The molecule has 0 saturated heterocycles. The summed E-state index contributed by atoms with van der Waals surface area (Å²) in [6, 6.07) is 5.96. The van der Waals surface area contributed by atoms with E-state index in [-0.39, 0.29) is 0 Å². The highest BCUT2D eigenvalue weighted by atomic mass is 16.5. The van der Waals surface area contributed by atoms with E-state index in [2.05, 4.69) is 0 Å². The molecule has 2 N–H and O–H groups in total. The van der Waals surface area contributed by atoms with Crippen molar-refractivity contribution in [2.45, 2.75) is 19.3 Å². The fourth-order valence-corrected chi connectivity index (χ4v) is 1.48. The van der Waals surface area contributed by atoms with Gasteiger partial charge in [0.05, 0.1) is 14.2 Å². The molecule has 0 radical (unpaired) electrons. The summed E-state index contributed by atoms with van der Waals surface area (Å²) in [6.07, 6.45) is 3.18. The molecule has 0 bridgehead atoms. The SMILES string of the molecule is COc1cc(CCCCN)cc(OC)c1. The maximum atomic E-state index is 5.46. The van der Waals surface area contributed by atoms with Crippen LogP contribution in [0.1, 0.15) is 18.4 Å². The molecule has 0 heterocycles. The van der Waals surface area contributed by atoms with Crippen LogP contribution in [0.3, 0.4) is 0 Å². The van der Waals surface area contributed by atoms with Crippen molar-refractivity contribution in [3.8, 4) is 11.5 Å². The fourth-order valence-electron chi connectivity index (χ4n) is 1.48. The van der Waals surface area contributed by atoms with E-state index in [1.165, 1.54) is 5.56 Å². The van der Waals surface area contributed by atoms with E-state index in [9.17, 15) is 0 Å². The minimum Gasteiger partial charge on any atom is -0.497 e. The fraction of sp³-hybridized carbons (Fsp3) is 0.500. The van der Waals surface area contributed by atoms with Crippen molar-refractivity contribution in [1.82, 2.24) is 0 Å². The Bertz CT molecular complexity index is 277. The molecule has 84 valence electrons.